The standard InChI is InChI=1S/C11H10N2O3/c14-10-7-13(16)11(15)9(12-10)6-8-4-2-1-3-5-8/h1-6,16H,7H2,(H,12,14)/b9-6+. The first-order valence-corrected chi connectivity index (χ1v) is 4.74. The van der Waals surface area contributed by atoms with Gasteiger partial charge in [0.15, 0.2) is 0 Å². The van der Waals surface area contributed by atoms with Gasteiger partial charge < -0.3 is 5.32 Å². The molecule has 5 nitrogen and oxygen atoms in total. The highest BCUT2D eigenvalue weighted by molar-refractivity contribution is 6.05. The number of amides is 2. The number of hydrogen-bond acceptors (Lipinski definition) is 3. The second-order valence-electron chi connectivity index (χ2n) is 3.38. The van der Waals surface area contributed by atoms with Crippen molar-refractivity contribution in [2.24, 2.45) is 0 Å². The largest absolute Gasteiger partial charge is 0.320 e. The second-order valence-corrected chi connectivity index (χ2v) is 3.38. The van der Waals surface area contributed by atoms with Gasteiger partial charge in [0.05, 0.1) is 0 Å². The fourth-order valence-electron chi connectivity index (χ4n) is 1.40. The number of rotatable bonds is 1. The Hall–Kier alpha value is -2.14. The van der Waals surface area contributed by atoms with Gasteiger partial charge >= 0.3 is 0 Å². The summed E-state index contributed by atoms with van der Waals surface area (Å²) in [5, 5.41) is 12.0. The van der Waals surface area contributed by atoms with Gasteiger partial charge in [-0.2, -0.15) is 0 Å². The van der Waals surface area contributed by atoms with Crippen LogP contribution in [0.25, 0.3) is 6.08 Å². The first kappa shape index (κ1) is 10.4. The summed E-state index contributed by atoms with van der Waals surface area (Å²) in [4.78, 5) is 22.6. The van der Waals surface area contributed by atoms with Crippen LogP contribution in [0.15, 0.2) is 36.0 Å². The van der Waals surface area contributed by atoms with Crippen LogP contribution in [-0.4, -0.2) is 28.6 Å². The Labute approximate surface area is 91.9 Å². The van der Waals surface area contributed by atoms with Gasteiger partial charge in [0.25, 0.3) is 5.91 Å². The number of nitrogens with zero attached hydrogens (tertiary/aromatic N) is 1. The topological polar surface area (TPSA) is 69.6 Å². The molecular formula is C11H10N2O3. The SMILES string of the molecule is O=C1CN(O)C(=O)/C(=C\c2ccccc2)N1. The Morgan fingerprint density at radius 2 is 1.94 bits per heavy atom. The van der Waals surface area contributed by atoms with Gasteiger partial charge in [0.1, 0.15) is 12.2 Å². The molecule has 1 aliphatic heterocycles. The van der Waals surface area contributed by atoms with E-state index in [2.05, 4.69) is 5.32 Å². The van der Waals surface area contributed by atoms with E-state index in [0.717, 1.165) is 5.56 Å². The lowest BCUT2D eigenvalue weighted by atomic mass is 10.1. The normalized spacial score (nSPS) is 18.8. The lowest BCUT2D eigenvalue weighted by Gasteiger charge is -2.22. The Balaban J connectivity index is 2.29. The minimum atomic E-state index is -0.608. The van der Waals surface area contributed by atoms with Crippen molar-refractivity contribution in [2.75, 3.05) is 6.54 Å². The molecule has 1 aromatic rings. The predicted molar refractivity (Wildman–Crippen MR) is 56.1 cm³/mol. The Bertz CT molecular complexity index is 454. The number of hydroxylamine groups is 2. The van der Waals surface area contributed by atoms with E-state index in [9.17, 15) is 14.8 Å². The number of carbonyl (C=O) groups is 2. The number of hydrogen-bond donors (Lipinski definition) is 2. The minimum absolute atomic E-state index is 0.0740. The molecule has 0 bridgehead atoms. The van der Waals surface area contributed by atoms with Crippen molar-refractivity contribution in [1.29, 1.82) is 0 Å². The quantitative estimate of drug-likeness (QED) is 0.528. The fourth-order valence-corrected chi connectivity index (χ4v) is 1.40. The van der Waals surface area contributed by atoms with Crippen LogP contribution < -0.4 is 5.32 Å². The predicted octanol–water partition coefficient (Wildman–Crippen LogP) is 0.375. The van der Waals surface area contributed by atoms with Crippen molar-refractivity contribution in [3.8, 4) is 0 Å². The zero-order valence-electron chi connectivity index (χ0n) is 8.38. The van der Waals surface area contributed by atoms with E-state index < -0.39 is 11.8 Å². The van der Waals surface area contributed by atoms with Gasteiger partial charge in [0, 0.05) is 0 Å². The zero-order valence-corrected chi connectivity index (χ0v) is 8.38. The zero-order chi connectivity index (χ0) is 11.5. The van der Waals surface area contributed by atoms with Gasteiger partial charge in [-0.3, -0.25) is 14.8 Å². The Morgan fingerprint density at radius 3 is 2.62 bits per heavy atom. The molecule has 2 amide bonds. The number of benzene rings is 1. The van der Waals surface area contributed by atoms with Crippen molar-refractivity contribution >= 4 is 17.9 Å². The van der Waals surface area contributed by atoms with E-state index >= 15 is 0 Å². The average Bonchev–Trinajstić information content (AvgIpc) is 2.27. The molecule has 0 atom stereocenters. The highest BCUT2D eigenvalue weighted by atomic mass is 16.5. The fraction of sp³-hybridized carbons (Fsp3) is 0.0909. The number of carbonyl (C=O) groups excluding carboxylic acids is 2. The molecule has 1 aromatic carbocycles. The molecular weight excluding hydrogens is 208 g/mol. The van der Waals surface area contributed by atoms with Crippen LogP contribution in [0.2, 0.25) is 0 Å². The molecule has 2 N–H and O–H groups in total. The molecule has 0 spiro atoms. The molecule has 0 unspecified atom stereocenters. The summed E-state index contributed by atoms with van der Waals surface area (Å²) in [6, 6.07) is 9.07. The minimum Gasteiger partial charge on any atom is -0.320 e. The van der Waals surface area contributed by atoms with E-state index in [4.69, 9.17) is 0 Å². The summed E-state index contributed by atoms with van der Waals surface area (Å²) in [7, 11) is 0. The van der Waals surface area contributed by atoms with E-state index in [0.29, 0.717) is 5.06 Å². The summed E-state index contributed by atoms with van der Waals surface area (Å²) >= 11 is 0. The van der Waals surface area contributed by atoms with Crippen LogP contribution in [-0.2, 0) is 9.59 Å². The molecule has 0 radical (unpaired) electrons. The van der Waals surface area contributed by atoms with Crippen LogP contribution in [0, 0.1) is 0 Å². The van der Waals surface area contributed by atoms with Gasteiger partial charge in [-0.1, -0.05) is 30.3 Å². The molecule has 2 rings (SSSR count). The molecule has 16 heavy (non-hydrogen) atoms. The van der Waals surface area contributed by atoms with Gasteiger partial charge in [-0.25, -0.2) is 5.06 Å². The first-order valence-electron chi connectivity index (χ1n) is 4.74. The summed E-state index contributed by atoms with van der Waals surface area (Å²) < 4.78 is 0. The maximum atomic E-state index is 11.5. The number of nitrogens with one attached hydrogen (secondary N) is 1. The molecule has 1 fully saturated rings. The van der Waals surface area contributed by atoms with Crippen LogP contribution in [0.3, 0.4) is 0 Å². The molecule has 0 aliphatic carbocycles. The summed E-state index contributed by atoms with van der Waals surface area (Å²) in [6.45, 7) is -0.328. The van der Waals surface area contributed by atoms with Crippen molar-refractivity contribution < 1.29 is 14.8 Å². The van der Waals surface area contributed by atoms with E-state index in [1.165, 1.54) is 6.08 Å². The monoisotopic (exact) mass is 218 g/mol. The third kappa shape index (κ3) is 2.09. The van der Waals surface area contributed by atoms with Crippen LogP contribution in [0.5, 0.6) is 0 Å². The maximum absolute atomic E-state index is 11.5. The average molecular weight is 218 g/mol. The summed E-state index contributed by atoms with van der Waals surface area (Å²) in [5.74, 6) is -1.02. The lowest BCUT2D eigenvalue weighted by Crippen LogP contribution is -2.48. The molecule has 1 saturated heterocycles. The highest BCUT2D eigenvalue weighted by Gasteiger charge is 2.26. The van der Waals surface area contributed by atoms with E-state index in [1.54, 1.807) is 12.1 Å². The van der Waals surface area contributed by atoms with Crippen molar-refractivity contribution in [3.05, 3.63) is 41.6 Å². The van der Waals surface area contributed by atoms with Gasteiger partial charge in [0.2, 0.25) is 5.91 Å². The number of piperazine rings is 1. The van der Waals surface area contributed by atoms with Crippen molar-refractivity contribution in [3.63, 3.8) is 0 Å². The molecule has 82 valence electrons. The third-order valence-corrected chi connectivity index (χ3v) is 2.14. The van der Waals surface area contributed by atoms with Crippen LogP contribution in [0.4, 0.5) is 0 Å². The molecule has 1 aliphatic rings. The summed E-state index contributed by atoms with van der Waals surface area (Å²) in [5.41, 5.74) is 0.853. The van der Waals surface area contributed by atoms with E-state index in [-0.39, 0.29) is 12.2 Å². The van der Waals surface area contributed by atoms with Crippen molar-refractivity contribution in [2.45, 2.75) is 0 Å². The smallest absolute Gasteiger partial charge is 0.294 e. The van der Waals surface area contributed by atoms with Crippen molar-refractivity contribution in [1.82, 2.24) is 10.4 Å². The molecule has 1 heterocycles. The molecule has 0 aromatic heterocycles. The van der Waals surface area contributed by atoms with Gasteiger partial charge in [-0.15, -0.1) is 0 Å². The van der Waals surface area contributed by atoms with Crippen LogP contribution >= 0.6 is 0 Å². The molecule has 0 saturated carbocycles. The van der Waals surface area contributed by atoms with E-state index in [1.807, 2.05) is 18.2 Å². The third-order valence-electron chi connectivity index (χ3n) is 2.14. The Morgan fingerprint density at radius 1 is 1.25 bits per heavy atom. The Kier molecular flexibility index (Phi) is 2.70. The summed E-state index contributed by atoms with van der Waals surface area (Å²) in [6.07, 6.45) is 1.52. The van der Waals surface area contributed by atoms with Crippen LogP contribution in [0.1, 0.15) is 5.56 Å². The first-order chi connectivity index (χ1) is 7.66. The molecule has 5 heteroatoms. The second kappa shape index (κ2) is 4.16. The highest BCUT2D eigenvalue weighted by Crippen LogP contribution is 2.09. The maximum Gasteiger partial charge on any atom is 0.294 e. The van der Waals surface area contributed by atoms with Gasteiger partial charge in [-0.05, 0) is 11.6 Å². The lowest BCUT2D eigenvalue weighted by molar-refractivity contribution is -0.168.